The molecule has 2 aromatic carbocycles. The number of rotatable bonds is 4. The van der Waals surface area contributed by atoms with Crippen LogP contribution in [0.25, 0.3) is 0 Å². The molecule has 0 heterocycles. The van der Waals surface area contributed by atoms with Crippen molar-refractivity contribution in [3.05, 3.63) is 69.2 Å². The van der Waals surface area contributed by atoms with Crippen LogP contribution in [0.3, 0.4) is 0 Å². The smallest absolute Gasteiger partial charge is 0.251 e. The lowest BCUT2D eigenvalue weighted by Crippen LogP contribution is -2.23. The fraction of sp³-hybridized carbons (Fsp3) is 0.188. The molecule has 2 nitrogen and oxygen atoms in total. The zero-order valence-corrected chi connectivity index (χ0v) is 13.5. The second-order valence-electron chi connectivity index (χ2n) is 4.60. The number of carbonyl (C=O) groups excluding carboxylic acids is 1. The monoisotopic (exact) mass is 351 g/mol. The summed E-state index contributed by atoms with van der Waals surface area (Å²) in [6.07, 6.45) is 0. The normalized spacial score (nSPS) is 10.3. The quantitative estimate of drug-likeness (QED) is 0.811. The Kier molecular flexibility index (Phi) is 5.21. The lowest BCUT2D eigenvalue weighted by molar-refractivity contribution is 0.0950. The van der Waals surface area contributed by atoms with E-state index in [1.165, 1.54) is 0 Å². The molecule has 0 aliphatic heterocycles. The number of amides is 1. The highest BCUT2D eigenvalue weighted by atomic mass is 79.9. The molecule has 0 saturated heterocycles. The van der Waals surface area contributed by atoms with Gasteiger partial charge in [-0.05, 0) is 35.7 Å². The molecule has 1 N–H and O–H groups in total. The van der Waals surface area contributed by atoms with Gasteiger partial charge in [-0.1, -0.05) is 46.3 Å². The van der Waals surface area contributed by atoms with Gasteiger partial charge in [0, 0.05) is 22.5 Å². The van der Waals surface area contributed by atoms with E-state index in [4.69, 9.17) is 11.6 Å². The number of nitrogens with one attached hydrogen (secondary N) is 1. The zero-order chi connectivity index (χ0) is 14.5. The maximum absolute atomic E-state index is 12.2. The van der Waals surface area contributed by atoms with Crippen molar-refractivity contribution in [3.63, 3.8) is 0 Å². The number of hydrogen-bond acceptors (Lipinski definition) is 1. The van der Waals surface area contributed by atoms with E-state index in [1.807, 2.05) is 49.4 Å². The SMILES string of the molecule is Cc1ccc(Br)cc1C(=O)NCc1cccc(CCl)c1. The van der Waals surface area contributed by atoms with Crippen LogP contribution >= 0.6 is 27.5 Å². The summed E-state index contributed by atoms with van der Waals surface area (Å²) in [6.45, 7) is 2.42. The summed E-state index contributed by atoms with van der Waals surface area (Å²) in [5.74, 6) is 0.409. The van der Waals surface area contributed by atoms with Crippen molar-refractivity contribution in [1.82, 2.24) is 5.32 Å². The Bertz CT molecular complexity index is 628. The molecule has 0 radical (unpaired) electrons. The van der Waals surface area contributed by atoms with Gasteiger partial charge < -0.3 is 5.32 Å². The Morgan fingerprint density at radius 1 is 1.20 bits per heavy atom. The van der Waals surface area contributed by atoms with Crippen molar-refractivity contribution in [2.75, 3.05) is 0 Å². The maximum atomic E-state index is 12.2. The Labute approximate surface area is 132 Å². The number of carbonyl (C=O) groups is 1. The minimum Gasteiger partial charge on any atom is -0.348 e. The lowest BCUT2D eigenvalue weighted by atomic mass is 10.1. The molecule has 0 unspecified atom stereocenters. The fourth-order valence-electron chi connectivity index (χ4n) is 1.94. The summed E-state index contributed by atoms with van der Waals surface area (Å²) >= 11 is 9.19. The first-order valence-corrected chi connectivity index (χ1v) is 7.61. The molecular weight excluding hydrogens is 338 g/mol. The van der Waals surface area contributed by atoms with E-state index >= 15 is 0 Å². The molecule has 0 saturated carbocycles. The van der Waals surface area contributed by atoms with Gasteiger partial charge >= 0.3 is 0 Å². The molecule has 4 heteroatoms. The maximum Gasteiger partial charge on any atom is 0.251 e. The second kappa shape index (κ2) is 6.91. The molecule has 0 aromatic heterocycles. The number of halogens is 2. The van der Waals surface area contributed by atoms with Crippen LogP contribution in [0.1, 0.15) is 27.0 Å². The average molecular weight is 353 g/mol. The molecule has 0 fully saturated rings. The van der Waals surface area contributed by atoms with Crippen LogP contribution in [0, 0.1) is 6.92 Å². The highest BCUT2D eigenvalue weighted by Gasteiger charge is 2.09. The molecular formula is C16H15BrClNO. The van der Waals surface area contributed by atoms with Crippen LogP contribution in [-0.4, -0.2) is 5.91 Å². The van der Waals surface area contributed by atoms with Gasteiger partial charge in [0.2, 0.25) is 0 Å². The van der Waals surface area contributed by atoms with Crippen molar-refractivity contribution in [2.24, 2.45) is 0 Å². The summed E-state index contributed by atoms with van der Waals surface area (Å²) in [5, 5.41) is 2.93. The van der Waals surface area contributed by atoms with E-state index in [-0.39, 0.29) is 5.91 Å². The molecule has 0 atom stereocenters. The van der Waals surface area contributed by atoms with Crippen LogP contribution in [0.4, 0.5) is 0 Å². The molecule has 0 aliphatic rings. The third kappa shape index (κ3) is 3.84. The Hall–Kier alpha value is -1.32. The van der Waals surface area contributed by atoms with Crippen molar-refractivity contribution < 1.29 is 4.79 Å². The molecule has 2 rings (SSSR count). The van der Waals surface area contributed by atoms with E-state index in [0.717, 1.165) is 21.2 Å². The van der Waals surface area contributed by atoms with Gasteiger partial charge in [0.15, 0.2) is 0 Å². The molecule has 104 valence electrons. The van der Waals surface area contributed by atoms with E-state index in [9.17, 15) is 4.79 Å². The van der Waals surface area contributed by atoms with Gasteiger partial charge in [-0.2, -0.15) is 0 Å². The van der Waals surface area contributed by atoms with Crippen molar-refractivity contribution in [2.45, 2.75) is 19.3 Å². The van der Waals surface area contributed by atoms with Crippen LogP contribution in [-0.2, 0) is 12.4 Å². The van der Waals surface area contributed by atoms with Crippen molar-refractivity contribution >= 4 is 33.4 Å². The van der Waals surface area contributed by atoms with Gasteiger partial charge in [-0.25, -0.2) is 0 Å². The Morgan fingerprint density at radius 2 is 1.95 bits per heavy atom. The van der Waals surface area contributed by atoms with Gasteiger partial charge in [-0.15, -0.1) is 11.6 Å². The fourth-order valence-corrected chi connectivity index (χ4v) is 2.47. The Morgan fingerprint density at radius 3 is 2.70 bits per heavy atom. The number of alkyl halides is 1. The average Bonchev–Trinajstić information content (AvgIpc) is 2.47. The Balaban J connectivity index is 2.06. The van der Waals surface area contributed by atoms with Crippen LogP contribution in [0.5, 0.6) is 0 Å². The molecule has 0 bridgehead atoms. The zero-order valence-electron chi connectivity index (χ0n) is 11.1. The van der Waals surface area contributed by atoms with Gasteiger partial charge in [0.25, 0.3) is 5.91 Å². The second-order valence-corrected chi connectivity index (χ2v) is 5.78. The summed E-state index contributed by atoms with van der Waals surface area (Å²) in [7, 11) is 0. The highest BCUT2D eigenvalue weighted by molar-refractivity contribution is 9.10. The summed E-state index contributed by atoms with van der Waals surface area (Å²) in [6, 6.07) is 13.6. The minimum atomic E-state index is -0.0694. The predicted molar refractivity (Wildman–Crippen MR) is 86.0 cm³/mol. The summed E-state index contributed by atoms with van der Waals surface area (Å²) < 4.78 is 0.900. The van der Waals surface area contributed by atoms with Crippen LogP contribution in [0.2, 0.25) is 0 Å². The topological polar surface area (TPSA) is 29.1 Å². The van der Waals surface area contributed by atoms with E-state index in [0.29, 0.717) is 18.0 Å². The summed E-state index contributed by atoms with van der Waals surface area (Å²) in [4.78, 5) is 12.2. The van der Waals surface area contributed by atoms with Crippen LogP contribution in [0.15, 0.2) is 46.9 Å². The highest BCUT2D eigenvalue weighted by Crippen LogP contribution is 2.16. The first-order chi connectivity index (χ1) is 9.60. The van der Waals surface area contributed by atoms with E-state index in [1.54, 1.807) is 0 Å². The lowest BCUT2D eigenvalue weighted by Gasteiger charge is -2.09. The molecule has 1 amide bonds. The van der Waals surface area contributed by atoms with Crippen molar-refractivity contribution in [1.29, 1.82) is 0 Å². The first-order valence-electron chi connectivity index (χ1n) is 6.28. The third-order valence-corrected chi connectivity index (χ3v) is 3.84. The number of benzene rings is 2. The number of aryl methyl sites for hydroxylation is 1. The van der Waals surface area contributed by atoms with Crippen LogP contribution < -0.4 is 5.32 Å². The molecule has 0 aliphatic carbocycles. The van der Waals surface area contributed by atoms with E-state index < -0.39 is 0 Å². The predicted octanol–water partition coefficient (Wildman–Crippen LogP) is 4.43. The minimum absolute atomic E-state index is 0.0694. The molecule has 20 heavy (non-hydrogen) atoms. The standard InChI is InChI=1S/C16H15BrClNO/c1-11-5-6-14(17)8-15(11)16(20)19-10-13-4-2-3-12(7-13)9-18/h2-8H,9-10H2,1H3,(H,19,20). The van der Waals surface area contributed by atoms with Crippen molar-refractivity contribution in [3.8, 4) is 0 Å². The largest absolute Gasteiger partial charge is 0.348 e. The third-order valence-electron chi connectivity index (χ3n) is 3.04. The number of hydrogen-bond donors (Lipinski definition) is 1. The van der Waals surface area contributed by atoms with Gasteiger partial charge in [0.1, 0.15) is 0 Å². The molecule has 0 spiro atoms. The van der Waals surface area contributed by atoms with E-state index in [2.05, 4.69) is 21.2 Å². The summed E-state index contributed by atoms with van der Waals surface area (Å²) in [5.41, 5.74) is 3.74. The molecule has 2 aromatic rings. The van der Waals surface area contributed by atoms with Gasteiger partial charge in [0.05, 0.1) is 0 Å². The first kappa shape index (κ1) is 15.1. The van der Waals surface area contributed by atoms with Gasteiger partial charge in [-0.3, -0.25) is 4.79 Å².